The van der Waals surface area contributed by atoms with Gasteiger partial charge in [-0.05, 0) is 37.3 Å². The van der Waals surface area contributed by atoms with Crippen molar-refractivity contribution in [2.45, 2.75) is 13.0 Å². The summed E-state index contributed by atoms with van der Waals surface area (Å²) >= 11 is 0. The maximum Gasteiger partial charge on any atom is 0.174 e. The van der Waals surface area contributed by atoms with E-state index in [4.69, 9.17) is 10.00 Å². The number of nitrogens with zero attached hydrogens (tertiary/aromatic N) is 1. The summed E-state index contributed by atoms with van der Waals surface area (Å²) in [6, 6.07) is 15.7. The Morgan fingerprint density at radius 1 is 1.20 bits per heavy atom. The van der Waals surface area contributed by atoms with Crippen molar-refractivity contribution in [3.8, 4) is 11.8 Å². The minimum absolute atomic E-state index is 0.0262. The van der Waals surface area contributed by atoms with Crippen molar-refractivity contribution in [3.63, 3.8) is 0 Å². The lowest BCUT2D eigenvalue weighted by atomic mass is 10.1. The fourth-order valence-corrected chi connectivity index (χ4v) is 1.92. The number of ether oxygens (including phenoxy) is 1. The first-order chi connectivity index (χ1) is 9.70. The number of hydrogen-bond donors (Lipinski definition) is 1. The third-order valence-corrected chi connectivity index (χ3v) is 2.91. The van der Waals surface area contributed by atoms with Crippen molar-refractivity contribution in [1.82, 2.24) is 0 Å². The molecule has 1 unspecified atom stereocenters. The molecule has 102 valence electrons. The fourth-order valence-electron chi connectivity index (χ4n) is 1.92. The maximum atomic E-state index is 13.7. The summed E-state index contributed by atoms with van der Waals surface area (Å²) in [5, 5.41) is 11.7. The van der Waals surface area contributed by atoms with E-state index in [1.54, 1.807) is 24.3 Å². The van der Waals surface area contributed by atoms with Crippen LogP contribution in [-0.4, -0.2) is 6.61 Å². The molecule has 0 fully saturated rings. The van der Waals surface area contributed by atoms with E-state index >= 15 is 0 Å². The van der Waals surface area contributed by atoms with E-state index in [1.807, 2.05) is 31.2 Å². The predicted octanol–water partition coefficient (Wildman–Crippen LogP) is 3.90. The lowest BCUT2D eigenvalue weighted by molar-refractivity contribution is 0.368. The molecular formula is C16H15FN2O. The van der Waals surface area contributed by atoms with Crippen LogP contribution in [0.3, 0.4) is 0 Å². The van der Waals surface area contributed by atoms with E-state index < -0.39 is 0 Å². The Balaban J connectivity index is 2.03. The van der Waals surface area contributed by atoms with Crippen LogP contribution < -0.4 is 10.1 Å². The minimum atomic E-state index is -0.221. The zero-order chi connectivity index (χ0) is 14.4. The molecule has 0 aliphatic heterocycles. The maximum absolute atomic E-state index is 13.7. The molecule has 0 heterocycles. The summed E-state index contributed by atoms with van der Waals surface area (Å²) in [6.07, 6.45) is 0. The molecule has 0 amide bonds. The van der Waals surface area contributed by atoms with Gasteiger partial charge in [0.25, 0.3) is 0 Å². The van der Waals surface area contributed by atoms with Crippen molar-refractivity contribution in [2.75, 3.05) is 11.9 Å². The van der Waals surface area contributed by atoms with Crippen LogP contribution in [0.1, 0.15) is 18.5 Å². The van der Waals surface area contributed by atoms with Gasteiger partial charge in [0.2, 0.25) is 0 Å². The molecule has 2 aromatic carbocycles. The zero-order valence-electron chi connectivity index (χ0n) is 11.1. The molecule has 1 N–H and O–H groups in total. The molecule has 0 bridgehead atoms. The van der Waals surface area contributed by atoms with Gasteiger partial charge in [-0.1, -0.05) is 18.2 Å². The molecule has 0 saturated carbocycles. The second kappa shape index (κ2) is 6.58. The molecule has 0 aliphatic rings. The highest BCUT2D eigenvalue weighted by molar-refractivity contribution is 5.48. The Morgan fingerprint density at radius 3 is 2.55 bits per heavy atom. The summed E-state index contributed by atoms with van der Waals surface area (Å²) in [5.41, 5.74) is 1.49. The number of rotatable bonds is 5. The van der Waals surface area contributed by atoms with E-state index in [0.29, 0.717) is 11.3 Å². The minimum Gasteiger partial charge on any atom is -0.479 e. The molecule has 2 aromatic rings. The number of nitriles is 1. The Kier molecular flexibility index (Phi) is 4.56. The molecule has 2 rings (SSSR count). The van der Waals surface area contributed by atoms with Crippen molar-refractivity contribution < 1.29 is 9.13 Å². The molecule has 1 atom stereocenters. The summed E-state index contributed by atoms with van der Waals surface area (Å²) < 4.78 is 18.8. The van der Waals surface area contributed by atoms with Crippen LogP contribution in [0.5, 0.6) is 5.75 Å². The molecular weight excluding hydrogens is 255 g/mol. The average molecular weight is 270 g/mol. The average Bonchev–Trinajstić information content (AvgIpc) is 2.47. The van der Waals surface area contributed by atoms with Crippen molar-refractivity contribution in [3.05, 3.63) is 59.9 Å². The topological polar surface area (TPSA) is 45.0 Å². The summed E-state index contributed by atoms with van der Waals surface area (Å²) in [4.78, 5) is 0. The zero-order valence-corrected chi connectivity index (χ0v) is 11.1. The fraction of sp³-hybridized carbons (Fsp3) is 0.188. The highest BCUT2D eigenvalue weighted by Gasteiger charge is 2.09. The quantitative estimate of drug-likeness (QED) is 0.896. The predicted molar refractivity (Wildman–Crippen MR) is 76.0 cm³/mol. The van der Waals surface area contributed by atoms with Gasteiger partial charge in [-0.3, -0.25) is 0 Å². The van der Waals surface area contributed by atoms with Crippen LogP contribution in [0.15, 0.2) is 48.5 Å². The first-order valence-electron chi connectivity index (χ1n) is 6.31. The Bertz CT molecular complexity index is 605. The smallest absolute Gasteiger partial charge is 0.174 e. The second-order valence-corrected chi connectivity index (χ2v) is 4.36. The van der Waals surface area contributed by atoms with Crippen LogP contribution in [0, 0.1) is 17.1 Å². The van der Waals surface area contributed by atoms with Crippen molar-refractivity contribution in [1.29, 1.82) is 5.26 Å². The third-order valence-electron chi connectivity index (χ3n) is 2.91. The van der Waals surface area contributed by atoms with Crippen LogP contribution in [0.25, 0.3) is 0 Å². The molecule has 4 heteroatoms. The van der Waals surface area contributed by atoms with Crippen LogP contribution in [0.4, 0.5) is 10.1 Å². The highest BCUT2D eigenvalue weighted by atomic mass is 19.1. The molecule has 0 saturated heterocycles. The molecule has 0 spiro atoms. The van der Waals surface area contributed by atoms with E-state index in [1.165, 1.54) is 6.07 Å². The second-order valence-electron chi connectivity index (χ2n) is 4.36. The Labute approximate surface area is 117 Å². The lowest BCUT2D eigenvalue weighted by Crippen LogP contribution is -2.08. The molecule has 0 radical (unpaired) electrons. The van der Waals surface area contributed by atoms with Gasteiger partial charge in [0.15, 0.2) is 6.61 Å². The Hall–Kier alpha value is -2.54. The van der Waals surface area contributed by atoms with Gasteiger partial charge < -0.3 is 10.1 Å². The van der Waals surface area contributed by atoms with Gasteiger partial charge in [-0.2, -0.15) is 5.26 Å². The van der Waals surface area contributed by atoms with E-state index in [2.05, 4.69) is 5.32 Å². The summed E-state index contributed by atoms with van der Waals surface area (Å²) in [5.74, 6) is 0.414. The van der Waals surface area contributed by atoms with E-state index in [0.717, 1.165) is 5.69 Å². The summed E-state index contributed by atoms with van der Waals surface area (Å²) in [6.45, 7) is 1.93. The van der Waals surface area contributed by atoms with E-state index in [-0.39, 0.29) is 18.5 Å². The number of halogens is 1. The Morgan fingerprint density at radius 2 is 1.90 bits per heavy atom. The van der Waals surface area contributed by atoms with Crippen molar-refractivity contribution in [2.24, 2.45) is 0 Å². The van der Waals surface area contributed by atoms with Crippen LogP contribution in [-0.2, 0) is 0 Å². The number of benzene rings is 2. The standard InChI is InChI=1S/C16H15FN2O/c1-12(15-4-2-3-5-16(15)17)19-13-6-8-14(9-7-13)20-11-10-18/h2-9,12,19H,11H2,1H3. The normalized spacial score (nSPS) is 11.4. The van der Waals surface area contributed by atoms with Gasteiger partial charge >= 0.3 is 0 Å². The first kappa shape index (κ1) is 13.9. The number of hydrogen-bond acceptors (Lipinski definition) is 3. The first-order valence-corrected chi connectivity index (χ1v) is 6.31. The lowest BCUT2D eigenvalue weighted by Gasteiger charge is -2.16. The number of anilines is 1. The van der Waals surface area contributed by atoms with Gasteiger partial charge in [0.05, 0.1) is 6.04 Å². The molecule has 0 aromatic heterocycles. The highest BCUT2D eigenvalue weighted by Crippen LogP contribution is 2.23. The molecule has 20 heavy (non-hydrogen) atoms. The van der Waals surface area contributed by atoms with Gasteiger partial charge in [-0.15, -0.1) is 0 Å². The number of nitrogens with one attached hydrogen (secondary N) is 1. The monoisotopic (exact) mass is 270 g/mol. The van der Waals surface area contributed by atoms with E-state index in [9.17, 15) is 4.39 Å². The molecule has 0 aliphatic carbocycles. The van der Waals surface area contributed by atoms with Gasteiger partial charge in [0.1, 0.15) is 17.6 Å². The third kappa shape index (κ3) is 3.48. The van der Waals surface area contributed by atoms with Crippen LogP contribution >= 0.6 is 0 Å². The SMILES string of the molecule is CC(Nc1ccc(OCC#N)cc1)c1ccccc1F. The largest absolute Gasteiger partial charge is 0.479 e. The summed E-state index contributed by atoms with van der Waals surface area (Å²) in [7, 11) is 0. The van der Waals surface area contributed by atoms with Crippen LogP contribution in [0.2, 0.25) is 0 Å². The molecule has 3 nitrogen and oxygen atoms in total. The van der Waals surface area contributed by atoms with Crippen molar-refractivity contribution >= 4 is 5.69 Å². The van der Waals surface area contributed by atoms with Gasteiger partial charge in [-0.25, -0.2) is 4.39 Å². The van der Waals surface area contributed by atoms with Gasteiger partial charge in [0, 0.05) is 11.3 Å².